The van der Waals surface area contributed by atoms with Gasteiger partial charge >= 0.3 is 6.03 Å². The summed E-state index contributed by atoms with van der Waals surface area (Å²) < 4.78 is 0. The first kappa shape index (κ1) is 12.2. The van der Waals surface area contributed by atoms with Crippen LogP contribution in [0, 0.1) is 6.92 Å². The standard InChI is InChI=1S/C14H15N3OS/c1-10-5-6-15-9-12(10)16-7-8-17(14(16)18)13-4-3-11(2)19-13/h3-5H,7-9H2,1-2H3. The summed E-state index contributed by atoms with van der Waals surface area (Å²) in [6, 6.07) is 4.12. The smallest absolute Gasteiger partial charge is 0.294 e. The zero-order valence-electron chi connectivity index (χ0n) is 11.0. The van der Waals surface area contributed by atoms with Crippen molar-refractivity contribution in [2.24, 2.45) is 4.99 Å². The number of carbonyl (C=O) groups excluding carboxylic acids is 1. The maximum atomic E-state index is 12.5. The minimum absolute atomic E-state index is 0.0571. The van der Waals surface area contributed by atoms with Crippen LogP contribution in [-0.4, -0.2) is 36.4 Å². The van der Waals surface area contributed by atoms with E-state index in [-0.39, 0.29) is 6.03 Å². The van der Waals surface area contributed by atoms with Crippen molar-refractivity contribution in [2.75, 3.05) is 24.5 Å². The number of anilines is 1. The van der Waals surface area contributed by atoms with Gasteiger partial charge in [0.15, 0.2) is 0 Å². The normalized spacial score (nSPS) is 18.9. The zero-order valence-corrected chi connectivity index (χ0v) is 11.8. The monoisotopic (exact) mass is 273 g/mol. The molecule has 0 N–H and O–H groups in total. The molecule has 2 aliphatic rings. The van der Waals surface area contributed by atoms with Crippen LogP contribution < -0.4 is 4.90 Å². The van der Waals surface area contributed by atoms with Crippen molar-refractivity contribution in [1.82, 2.24) is 4.90 Å². The van der Waals surface area contributed by atoms with Crippen LogP contribution in [0.4, 0.5) is 9.80 Å². The van der Waals surface area contributed by atoms with Crippen molar-refractivity contribution in [1.29, 1.82) is 0 Å². The Bertz CT molecular complexity index is 622. The lowest BCUT2D eigenvalue weighted by Crippen LogP contribution is -2.32. The number of hydrogen-bond acceptors (Lipinski definition) is 3. The van der Waals surface area contributed by atoms with Crippen LogP contribution in [0.25, 0.3) is 0 Å². The van der Waals surface area contributed by atoms with Crippen LogP contribution in [0.2, 0.25) is 0 Å². The molecule has 3 heterocycles. The van der Waals surface area contributed by atoms with Gasteiger partial charge in [-0.25, -0.2) is 9.79 Å². The third-order valence-electron chi connectivity index (χ3n) is 3.38. The second kappa shape index (κ2) is 4.68. The van der Waals surface area contributed by atoms with E-state index in [1.807, 2.05) is 34.9 Å². The quantitative estimate of drug-likeness (QED) is 0.816. The molecule has 2 amide bonds. The predicted octanol–water partition coefficient (Wildman–Crippen LogP) is 2.81. The summed E-state index contributed by atoms with van der Waals surface area (Å²) in [4.78, 5) is 21.5. The van der Waals surface area contributed by atoms with Gasteiger partial charge in [-0.05, 0) is 37.4 Å². The molecular weight excluding hydrogens is 258 g/mol. The average molecular weight is 273 g/mol. The number of aliphatic imine (C=N–C) groups is 1. The van der Waals surface area contributed by atoms with Gasteiger partial charge in [0, 0.05) is 29.7 Å². The molecule has 5 heteroatoms. The first-order valence-electron chi connectivity index (χ1n) is 6.27. The molecular formula is C14H15N3OS. The molecule has 1 aromatic heterocycles. The predicted molar refractivity (Wildman–Crippen MR) is 78.1 cm³/mol. The number of aryl methyl sites for hydroxylation is 1. The molecule has 19 heavy (non-hydrogen) atoms. The molecule has 0 unspecified atom stereocenters. The molecule has 1 saturated heterocycles. The van der Waals surface area contributed by atoms with Crippen molar-refractivity contribution in [3.8, 4) is 0 Å². The maximum absolute atomic E-state index is 12.5. The Morgan fingerprint density at radius 3 is 2.74 bits per heavy atom. The van der Waals surface area contributed by atoms with Crippen molar-refractivity contribution in [3.63, 3.8) is 0 Å². The topological polar surface area (TPSA) is 35.9 Å². The molecule has 0 saturated carbocycles. The fourth-order valence-electron chi connectivity index (χ4n) is 2.33. The van der Waals surface area contributed by atoms with E-state index in [1.165, 1.54) is 4.88 Å². The van der Waals surface area contributed by atoms with E-state index in [1.54, 1.807) is 11.3 Å². The lowest BCUT2D eigenvalue weighted by molar-refractivity contribution is 0.230. The highest BCUT2D eigenvalue weighted by molar-refractivity contribution is 7.16. The zero-order chi connectivity index (χ0) is 13.4. The van der Waals surface area contributed by atoms with Crippen LogP contribution in [0.3, 0.4) is 0 Å². The van der Waals surface area contributed by atoms with Gasteiger partial charge in [-0.2, -0.15) is 0 Å². The third kappa shape index (κ3) is 2.11. The summed E-state index contributed by atoms with van der Waals surface area (Å²) in [5.74, 6) is 2.84. The van der Waals surface area contributed by atoms with Gasteiger partial charge in [-0.3, -0.25) is 9.80 Å². The second-order valence-electron chi connectivity index (χ2n) is 4.69. The molecule has 0 aliphatic carbocycles. The summed E-state index contributed by atoms with van der Waals surface area (Å²) in [5.41, 5.74) is 2.08. The van der Waals surface area contributed by atoms with E-state index >= 15 is 0 Å². The molecule has 0 atom stereocenters. The van der Waals surface area contributed by atoms with E-state index in [2.05, 4.69) is 17.8 Å². The van der Waals surface area contributed by atoms with Gasteiger partial charge in [0.1, 0.15) is 0 Å². The summed E-state index contributed by atoms with van der Waals surface area (Å²) in [6.07, 6.45) is 1.84. The van der Waals surface area contributed by atoms with Crippen molar-refractivity contribution >= 4 is 28.2 Å². The van der Waals surface area contributed by atoms with E-state index in [0.717, 1.165) is 29.4 Å². The van der Waals surface area contributed by atoms with Gasteiger partial charge in [-0.1, -0.05) is 0 Å². The highest BCUT2D eigenvalue weighted by Crippen LogP contribution is 2.30. The summed E-state index contributed by atoms with van der Waals surface area (Å²) in [7, 11) is 0. The molecule has 4 nitrogen and oxygen atoms in total. The van der Waals surface area contributed by atoms with Crippen LogP contribution in [-0.2, 0) is 0 Å². The lowest BCUT2D eigenvalue weighted by Gasteiger charge is -2.21. The number of carbonyl (C=O) groups is 1. The molecule has 0 radical (unpaired) electrons. The number of allylic oxidation sites excluding steroid dienone is 2. The number of hydrogen-bond donors (Lipinski definition) is 0. The van der Waals surface area contributed by atoms with Crippen LogP contribution in [0.1, 0.15) is 11.8 Å². The first-order valence-corrected chi connectivity index (χ1v) is 7.09. The van der Waals surface area contributed by atoms with Crippen LogP contribution in [0.5, 0.6) is 0 Å². The average Bonchev–Trinajstić information content (AvgIpc) is 2.97. The fraction of sp³-hybridized carbons (Fsp3) is 0.357. The highest BCUT2D eigenvalue weighted by atomic mass is 32.1. The molecule has 3 rings (SSSR count). The number of urea groups is 1. The Labute approximate surface area is 116 Å². The molecule has 98 valence electrons. The Morgan fingerprint density at radius 2 is 2.05 bits per heavy atom. The summed E-state index contributed by atoms with van der Waals surface area (Å²) >= 11 is 1.66. The SMILES string of the molecule is CC1=C(N2CCN(c3ccc(C)s3)C2=O)CN=C=C1. The Morgan fingerprint density at radius 1 is 1.26 bits per heavy atom. The number of rotatable bonds is 2. The van der Waals surface area contributed by atoms with Gasteiger partial charge < -0.3 is 0 Å². The van der Waals surface area contributed by atoms with Gasteiger partial charge in [-0.15, -0.1) is 11.3 Å². The van der Waals surface area contributed by atoms with Crippen LogP contribution in [0.15, 0.2) is 34.5 Å². The van der Waals surface area contributed by atoms with E-state index in [9.17, 15) is 4.79 Å². The Hall–Kier alpha value is -1.84. The second-order valence-corrected chi connectivity index (χ2v) is 5.96. The Kier molecular flexibility index (Phi) is 3.01. The fourth-order valence-corrected chi connectivity index (χ4v) is 3.21. The minimum Gasteiger partial charge on any atom is -0.294 e. The molecule has 2 aliphatic heterocycles. The van der Waals surface area contributed by atoms with E-state index in [4.69, 9.17) is 0 Å². The molecule has 0 aromatic carbocycles. The number of thiophene rings is 1. The van der Waals surface area contributed by atoms with Gasteiger partial charge in [0.05, 0.1) is 11.5 Å². The third-order valence-corrected chi connectivity index (χ3v) is 4.41. The van der Waals surface area contributed by atoms with E-state index in [0.29, 0.717) is 6.54 Å². The number of nitrogens with zero attached hydrogens (tertiary/aromatic N) is 3. The van der Waals surface area contributed by atoms with Crippen LogP contribution >= 0.6 is 11.3 Å². The highest BCUT2D eigenvalue weighted by Gasteiger charge is 2.33. The van der Waals surface area contributed by atoms with Crippen molar-refractivity contribution in [2.45, 2.75) is 13.8 Å². The minimum atomic E-state index is 0.0571. The van der Waals surface area contributed by atoms with Crippen molar-refractivity contribution < 1.29 is 4.79 Å². The van der Waals surface area contributed by atoms with E-state index < -0.39 is 0 Å². The molecule has 0 spiro atoms. The first-order chi connectivity index (χ1) is 9.16. The molecule has 1 fully saturated rings. The summed E-state index contributed by atoms with van der Waals surface area (Å²) in [6.45, 7) is 6.07. The lowest BCUT2D eigenvalue weighted by atomic mass is 10.2. The maximum Gasteiger partial charge on any atom is 0.329 e. The molecule has 1 aromatic rings. The largest absolute Gasteiger partial charge is 0.329 e. The number of amides is 2. The van der Waals surface area contributed by atoms with Gasteiger partial charge in [0.25, 0.3) is 0 Å². The van der Waals surface area contributed by atoms with Gasteiger partial charge in [0.2, 0.25) is 0 Å². The molecule has 0 bridgehead atoms. The van der Waals surface area contributed by atoms with Crippen molar-refractivity contribution in [3.05, 3.63) is 34.4 Å². The Balaban J connectivity index is 1.85. The summed E-state index contributed by atoms with van der Waals surface area (Å²) in [5, 5.41) is 1.03.